The SMILES string of the molecule is O=C(/C(=N\OS(=O)(=O)c1ccccc1)c1nc2ccccc2o1)C1CCCC1. The number of oxime groups is 1. The van der Waals surface area contributed by atoms with Crippen LogP contribution in [0.1, 0.15) is 31.6 Å². The maximum atomic E-state index is 13.0. The minimum absolute atomic E-state index is 0.0404. The molecule has 4 rings (SSSR count). The molecule has 0 atom stereocenters. The fourth-order valence-corrected chi connectivity index (χ4v) is 4.01. The van der Waals surface area contributed by atoms with Crippen molar-refractivity contribution in [2.45, 2.75) is 30.6 Å². The van der Waals surface area contributed by atoms with Crippen LogP contribution in [0.3, 0.4) is 0 Å². The Morgan fingerprint density at radius 2 is 1.71 bits per heavy atom. The molecule has 0 N–H and O–H groups in total. The lowest BCUT2D eigenvalue weighted by Gasteiger charge is -2.08. The normalized spacial score (nSPS) is 15.8. The molecule has 28 heavy (non-hydrogen) atoms. The van der Waals surface area contributed by atoms with E-state index < -0.39 is 10.1 Å². The van der Waals surface area contributed by atoms with Crippen molar-refractivity contribution in [1.29, 1.82) is 0 Å². The molecule has 144 valence electrons. The van der Waals surface area contributed by atoms with Crippen LogP contribution in [-0.2, 0) is 19.2 Å². The van der Waals surface area contributed by atoms with Gasteiger partial charge < -0.3 is 4.42 Å². The number of nitrogens with zero attached hydrogens (tertiary/aromatic N) is 2. The molecule has 0 saturated heterocycles. The number of Topliss-reactive ketones (excluding diaryl/α,β-unsaturated/α-hetero) is 1. The summed E-state index contributed by atoms with van der Waals surface area (Å²) in [4.78, 5) is 17.2. The number of carbonyl (C=O) groups is 1. The van der Waals surface area contributed by atoms with Crippen LogP contribution in [0.25, 0.3) is 11.1 Å². The highest BCUT2D eigenvalue weighted by Crippen LogP contribution is 2.28. The van der Waals surface area contributed by atoms with E-state index in [1.807, 2.05) is 0 Å². The van der Waals surface area contributed by atoms with E-state index in [4.69, 9.17) is 8.70 Å². The number of para-hydroxylation sites is 2. The molecule has 1 aliphatic rings. The Labute approximate surface area is 162 Å². The van der Waals surface area contributed by atoms with Gasteiger partial charge in [0.25, 0.3) is 5.89 Å². The standard InChI is InChI=1S/C20H18N2O5S/c23-19(14-8-4-5-9-14)18(20-21-16-12-6-7-13-17(16)26-20)22-27-28(24,25)15-10-2-1-3-11-15/h1-3,6-7,10-14H,4-5,8-9H2/b22-18+. The van der Waals surface area contributed by atoms with Crippen molar-refractivity contribution in [3.8, 4) is 0 Å². The van der Waals surface area contributed by atoms with Crippen molar-refractivity contribution in [3.63, 3.8) is 0 Å². The molecule has 7 nitrogen and oxygen atoms in total. The van der Waals surface area contributed by atoms with Gasteiger partial charge in [-0.1, -0.05) is 48.3 Å². The van der Waals surface area contributed by atoms with Crippen LogP contribution >= 0.6 is 0 Å². The van der Waals surface area contributed by atoms with Gasteiger partial charge in [0.05, 0.1) is 0 Å². The van der Waals surface area contributed by atoms with Gasteiger partial charge in [-0.05, 0) is 37.1 Å². The molecule has 8 heteroatoms. The molecule has 0 amide bonds. The lowest BCUT2D eigenvalue weighted by molar-refractivity contribution is -0.116. The molecule has 2 aromatic carbocycles. The summed E-state index contributed by atoms with van der Waals surface area (Å²) in [5.41, 5.74) is 0.827. The molecule has 1 aliphatic carbocycles. The van der Waals surface area contributed by atoms with Crippen molar-refractivity contribution in [3.05, 3.63) is 60.5 Å². The van der Waals surface area contributed by atoms with E-state index in [2.05, 4.69) is 10.1 Å². The summed E-state index contributed by atoms with van der Waals surface area (Å²) in [6.07, 6.45) is 3.34. The zero-order valence-corrected chi connectivity index (χ0v) is 15.8. The first-order valence-electron chi connectivity index (χ1n) is 9.01. The highest BCUT2D eigenvalue weighted by molar-refractivity contribution is 7.86. The fourth-order valence-electron chi connectivity index (χ4n) is 3.26. The van der Waals surface area contributed by atoms with E-state index >= 15 is 0 Å². The smallest absolute Gasteiger partial charge is 0.358 e. The second-order valence-electron chi connectivity index (χ2n) is 6.61. The average molecular weight is 398 g/mol. The molecule has 3 aromatic rings. The number of aromatic nitrogens is 1. The molecule has 0 unspecified atom stereocenters. The van der Waals surface area contributed by atoms with Crippen LogP contribution in [-0.4, -0.2) is 24.9 Å². The Bertz CT molecular complexity index is 1100. The van der Waals surface area contributed by atoms with Crippen LogP contribution in [0.4, 0.5) is 0 Å². The van der Waals surface area contributed by atoms with Crippen molar-refractivity contribution >= 4 is 32.7 Å². The molecule has 0 radical (unpaired) electrons. The quantitative estimate of drug-likeness (QED) is 0.464. The number of ketones is 1. The van der Waals surface area contributed by atoms with Crippen molar-refractivity contribution < 1.29 is 21.9 Å². The first-order valence-corrected chi connectivity index (χ1v) is 10.4. The van der Waals surface area contributed by atoms with Gasteiger partial charge in [0.15, 0.2) is 11.4 Å². The molecule has 1 heterocycles. The molecule has 0 aliphatic heterocycles. The second kappa shape index (κ2) is 7.55. The number of rotatable bonds is 6. The fraction of sp³-hybridized carbons (Fsp3) is 0.250. The van der Waals surface area contributed by atoms with Gasteiger partial charge in [0.1, 0.15) is 10.4 Å². The van der Waals surface area contributed by atoms with Gasteiger partial charge in [-0.2, -0.15) is 8.42 Å². The molecular weight excluding hydrogens is 380 g/mol. The first kappa shape index (κ1) is 18.4. The summed E-state index contributed by atoms with van der Waals surface area (Å²) in [5.74, 6) is -0.592. The zero-order valence-electron chi connectivity index (χ0n) is 14.9. The Balaban J connectivity index is 1.72. The van der Waals surface area contributed by atoms with E-state index in [-0.39, 0.29) is 28.2 Å². The van der Waals surface area contributed by atoms with Gasteiger partial charge in [0, 0.05) is 5.92 Å². The molecule has 1 aromatic heterocycles. The lowest BCUT2D eigenvalue weighted by Crippen LogP contribution is -2.24. The largest absolute Gasteiger partial charge is 0.435 e. The third-order valence-electron chi connectivity index (χ3n) is 4.71. The lowest BCUT2D eigenvalue weighted by atomic mass is 9.99. The first-order chi connectivity index (χ1) is 13.5. The predicted octanol–water partition coefficient (Wildman–Crippen LogP) is 3.70. The van der Waals surface area contributed by atoms with E-state index in [0.717, 1.165) is 25.7 Å². The number of carbonyl (C=O) groups excluding carboxylic acids is 1. The summed E-state index contributed by atoms with van der Waals surface area (Å²) < 4.78 is 35.3. The van der Waals surface area contributed by atoms with Crippen LogP contribution in [0.15, 0.2) is 69.1 Å². The Hall–Kier alpha value is -3.00. The van der Waals surface area contributed by atoms with E-state index in [1.165, 1.54) is 12.1 Å². The minimum Gasteiger partial charge on any atom is -0.435 e. The van der Waals surface area contributed by atoms with E-state index in [1.54, 1.807) is 42.5 Å². The maximum Gasteiger partial charge on any atom is 0.358 e. The average Bonchev–Trinajstić information content (AvgIpc) is 3.38. The third kappa shape index (κ3) is 3.68. The summed E-state index contributed by atoms with van der Waals surface area (Å²) >= 11 is 0. The summed E-state index contributed by atoms with van der Waals surface area (Å²) in [5, 5.41) is 3.70. The Morgan fingerprint density at radius 1 is 1.04 bits per heavy atom. The third-order valence-corrected chi connectivity index (χ3v) is 5.83. The molecule has 0 bridgehead atoms. The topological polar surface area (TPSA) is 98.8 Å². The van der Waals surface area contributed by atoms with Gasteiger partial charge in [-0.15, -0.1) is 0 Å². The van der Waals surface area contributed by atoms with Crippen LogP contribution in [0.2, 0.25) is 0 Å². The van der Waals surface area contributed by atoms with E-state index in [9.17, 15) is 13.2 Å². The summed E-state index contributed by atoms with van der Waals surface area (Å²) in [6.45, 7) is 0. The summed E-state index contributed by atoms with van der Waals surface area (Å²) in [7, 11) is -4.16. The van der Waals surface area contributed by atoms with E-state index in [0.29, 0.717) is 11.1 Å². The number of hydrogen-bond donors (Lipinski definition) is 0. The van der Waals surface area contributed by atoms with Gasteiger partial charge in [-0.3, -0.25) is 9.08 Å². The predicted molar refractivity (Wildman–Crippen MR) is 102 cm³/mol. The zero-order chi connectivity index (χ0) is 19.6. The molecule has 0 spiro atoms. The van der Waals surface area contributed by atoms with Crippen LogP contribution in [0.5, 0.6) is 0 Å². The molecule has 1 saturated carbocycles. The van der Waals surface area contributed by atoms with Crippen LogP contribution < -0.4 is 0 Å². The Kier molecular flexibility index (Phi) is 4.95. The monoisotopic (exact) mass is 398 g/mol. The number of oxazole rings is 1. The Morgan fingerprint density at radius 3 is 2.43 bits per heavy atom. The molecular formula is C20H18N2O5S. The highest BCUT2D eigenvalue weighted by Gasteiger charge is 2.31. The highest BCUT2D eigenvalue weighted by atomic mass is 32.2. The molecule has 1 fully saturated rings. The van der Waals surface area contributed by atoms with Gasteiger partial charge in [0.2, 0.25) is 5.71 Å². The van der Waals surface area contributed by atoms with Crippen molar-refractivity contribution in [2.75, 3.05) is 0 Å². The maximum absolute atomic E-state index is 13.0. The van der Waals surface area contributed by atoms with Gasteiger partial charge >= 0.3 is 10.1 Å². The summed E-state index contributed by atoms with van der Waals surface area (Å²) in [6, 6.07) is 14.6. The number of benzene rings is 2. The van der Waals surface area contributed by atoms with Crippen LogP contribution in [0, 0.1) is 5.92 Å². The number of hydrogen-bond acceptors (Lipinski definition) is 7. The van der Waals surface area contributed by atoms with Gasteiger partial charge in [-0.25, -0.2) is 4.98 Å². The van der Waals surface area contributed by atoms with Crippen molar-refractivity contribution in [2.24, 2.45) is 11.1 Å². The number of fused-ring (bicyclic) bond motifs is 1. The van der Waals surface area contributed by atoms with Crippen molar-refractivity contribution in [1.82, 2.24) is 4.98 Å². The minimum atomic E-state index is -4.16. The second-order valence-corrected chi connectivity index (χ2v) is 8.14.